The number of rotatable bonds is 9. The number of aryl methyl sites for hydroxylation is 1. The molecule has 26 heavy (non-hydrogen) atoms. The van der Waals surface area contributed by atoms with Crippen LogP contribution in [0.25, 0.3) is 0 Å². The smallest absolute Gasteiger partial charge is 0.297 e. The van der Waals surface area contributed by atoms with E-state index in [0.29, 0.717) is 10.5 Å². The summed E-state index contributed by atoms with van der Waals surface area (Å²) in [6.07, 6.45) is -0.0697. The van der Waals surface area contributed by atoms with Crippen molar-refractivity contribution in [2.45, 2.75) is 72.0 Å². The third-order valence-electron chi connectivity index (χ3n) is 5.49. The molecule has 0 saturated heterocycles. The summed E-state index contributed by atoms with van der Waals surface area (Å²) in [5.41, 5.74) is 0.169. The molecule has 0 aromatic heterocycles. The van der Waals surface area contributed by atoms with E-state index in [4.69, 9.17) is 8.61 Å². The molecule has 0 aliphatic heterocycles. The molecule has 2 unspecified atom stereocenters. The van der Waals surface area contributed by atoms with E-state index in [0.717, 1.165) is 5.56 Å². The lowest BCUT2D eigenvalue weighted by atomic mass is 9.65. The fraction of sp³-hybridized carbons (Fsp3) is 0.700. The third kappa shape index (κ3) is 4.77. The van der Waals surface area contributed by atoms with E-state index in [1.807, 2.05) is 41.5 Å². The average molecular weight is 401 g/mol. The maximum atomic E-state index is 13.2. The van der Waals surface area contributed by atoms with E-state index in [1.54, 1.807) is 24.3 Å². The lowest BCUT2D eigenvalue weighted by Gasteiger charge is -2.49. The van der Waals surface area contributed by atoms with Crippen LogP contribution in [0.1, 0.15) is 54.0 Å². The van der Waals surface area contributed by atoms with Crippen LogP contribution in [0, 0.1) is 30.6 Å². The van der Waals surface area contributed by atoms with E-state index < -0.39 is 15.7 Å². The molecule has 0 N–H and O–H groups in total. The lowest BCUT2D eigenvalue weighted by molar-refractivity contribution is -0.114. The minimum absolute atomic E-state index is 0.00869. The summed E-state index contributed by atoms with van der Waals surface area (Å²) < 4.78 is 38.2. The zero-order valence-corrected chi connectivity index (χ0v) is 20.6. The minimum atomic E-state index is -3.89. The Kier molecular flexibility index (Phi) is 8.08. The zero-order valence-electron chi connectivity index (χ0n) is 17.7. The first-order chi connectivity index (χ1) is 11.9. The van der Waals surface area contributed by atoms with Crippen LogP contribution >= 0.6 is 0 Å². The topological polar surface area (TPSA) is 52.6 Å². The largest absolute Gasteiger partial charge is 0.425 e. The highest BCUT2D eigenvalue weighted by Gasteiger charge is 2.52. The molecule has 0 heterocycles. The molecule has 1 rings (SSSR count). The van der Waals surface area contributed by atoms with Crippen LogP contribution in [0.15, 0.2) is 29.2 Å². The van der Waals surface area contributed by atoms with E-state index >= 15 is 0 Å². The maximum absolute atomic E-state index is 13.2. The van der Waals surface area contributed by atoms with Gasteiger partial charge in [-0.1, -0.05) is 59.2 Å². The number of hydrogen-bond donors (Lipinski definition) is 0. The average Bonchev–Trinajstić information content (AvgIpc) is 2.53. The molecule has 0 fully saturated rings. The van der Waals surface area contributed by atoms with Gasteiger partial charge in [0.15, 0.2) is 0 Å². The van der Waals surface area contributed by atoms with Gasteiger partial charge in [-0.3, -0.25) is 4.18 Å². The van der Waals surface area contributed by atoms with E-state index in [-0.39, 0.29) is 34.7 Å². The Bertz CT molecular complexity index is 658. The van der Waals surface area contributed by atoms with Crippen molar-refractivity contribution < 1.29 is 17.0 Å². The summed E-state index contributed by atoms with van der Waals surface area (Å²) in [6.45, 7) is 16.4. The summed E-state index contributed by atoms with van der Waals surface area (Å²) >= 11 is 0. The van der Waals surface area contributed by atoms with Gasteiger partial charge in [0, 0.05) is 12.0 Å². The second-order valence-corrected chi connectivity index (χ2v) is 10.2. The standard InChI is InChI=1S/C20H36O4SSi/c1-13(2)19(17(8)23-26)20(14(3)4,15(5)6)24-25(21,22)18-11-9-16(7)10-12-18/h9-15,17,19H,1-8,26H3. The van der Waals surface area contributed by atoms with Gasteiger partial charge in [0.25, 0.3) is 10.1 Å². The quantitative estimate of drug-likeness (QED) is 0.468. The number of benzene rings is 1. The van der Waals surface area contributed by atoms with Crippen molar-refractivity contribution in [2.24, 2.45) is 23.7 Å². The molecule has 6 heteroatoms. The fourth-order valence-corrected chi connectivity index (χ4v) is 5.94. The maximum Gasteiger partial charge on any atom is 0.297 e. The normalized spacial score (nSPS) is 15.8. The Morgan fingerprint density at radius 2 is 1.38 bits per heavy atom. The van der Waals surface area contributed by atoms with Crippen molar-refractivity contribution in [3.05, 3.63) is 29.8 Å². The highest BCUT2D eigenvalue weighted by molar-refractivity contribution is 7.86. The molecule has 0 aliphatic rings. The molecule has 0 saturated carbocycles. The molecular formula is C20H36O4SSi. The van der Waals surface area contributed by atoms with Gasteiger partial charge in [-0.25, -0.2) is 0 Å². The molecule has 0 aliphatic carbocycles. The summed E-state index contributed by atoms with van der Waals surface area (Å²) in [4.78, 5) is 0.204. The van der Waals surface area contributed by atoms with Gasteiger partial charge in [-0.2, -0.15) is 8.42 Å². The first-order valence-corrected chi connectivity index (χ1v) is 11.7. The molecule has 0 bridgehead atoms. The van der Waals surface area contributed by atoms with Crippen LogP contribution in [0.5, 0.6) is 0 Å². The monoisotopic (exact) mass is 400 g/mol. The van der Waals surface area contributed by atoms with Gasteiger partial charge >= 0.3 is 0 Å². The Labute approximate surface area is 163 Å². The van der Waals surface area contributed by atoms with Crippen molar-refractivity contribution in [1.82, 2.24) is 0 Å². The molecule has 1 aromatic carbocycles. The Morgan fingerprint density at radius 3 is 1.73 bits per heavy atom. The summed E-state index contributed by atoms with van der Waals surface area (Å²) in [5, 5.41) is 0. The van der Waals surface area contributed by atoms with Crippen LogP contribution in [-0.2, 0) is 18.7 Å². The van der Waals surface area contributed by atoms with Crippen LogP contribution in [0.3, 0.4) is 0 Å². The predicted octanol–water partition coefficient (Wildman–Crippen LogP) is 3.71. The van der Waals surface area contributed by atoms with Crippen LogP contribution in [0.2, 0.25) is 0 Å². The summed E-state index contributed by atoms with van der Waals surface area (Å²) in [7, 11) is -3.29. The summed E-state index contributed by atoms with van der Waals surface area (Å²) in [5.74, 6) is 0.195. The van der Waals surface area contributed by atoms with Crippen molar-refractivity contribution in [3.63, 3.8) is 0 Å². The molecule has 4 nitrogen and oxygen atoms in total. The zero-order chi connectivity index (χ0) is 20.3. The highest BCUT2D eigenvalue weighted by atomic mass is 32.2. The Morgan fingerprint density at radius 1 is 0.923 bits per heavy atom. The minimum Gasteiger partial charge on any atom is -0.425 e. The van der Waals surface area contributed by atoms with Gasteiger partial charge < -0.3 is 4.43 Å². The molecule has 0 radical (unpaired) electrons. The third-order valence-corrected chi connectivity index (χ3v) is 7.59. The van der Waals surface area contributed by atoms with Crippen molar-refractivity contribution in [1.29, 1.82) is 0 Å². The number of hydrogen-bond acceptors (Lipinski definition) is 4. The van der Waals surface area contributed by atoms with Gasteiger partial charge in [0.05, 0.1) is 10.5 Å². The van der Waals surface area contributed by atoms with Gasteiger partial charge in [0.1, 0.15) is 10.5 Å². The van der Waals surface area contributed by atoms with Crippen LogP contribution in [-0.4, -0.2) is 30.6 Å². The first-order valence-electron chi connectivity index (χ1n) is 9.45. The Hall–Kier alpha value is -0.693. The van der Waals surface area contributed by atoms with Crippen LogP contribution < -0.4 is 0 Å². The molecule has 0 amide bonds. The predicted molar refractivity (Wildman–Crippen MR) is 111 cm³/mol. The Balaban J connectivity index is 3.53. The second-order valence-electron chi connectivity index (χ2n) is 8.22. The molecule has 150 valence electrons. The van der Waals surface area contributed by atoms with E-state index in [2.05, 4.69) is 13.8 Å². The van der Waals surface area contributed by atoms with Gasteiger partial charge in [0.2, 0.25) is 0 Å². The van der Waals surface area contributed by atoms with Gasteiger partial charge in [-0.15, -0.1) is 0 Å². The second kappa shape index (κ2) is 9.00. The molecule has 1 aromatic rings. The lowest BCUT2D eigenvalue weighted by Crippen LogP contribution is -2.56. The molecule has 2 atom stereocenters. The first kappa shape index (κ1) is 23.3. The van der Waals surface area contributed by atoms with E-state index in [1.165, 1.54) is 0 Å². The SMILES string of the molecule is Cc1ccc(S(=O)(=O)OC(C(C)C)(C(C)C)C(C(C)C)C(C)O[SiH3])cc1. The fourth-order valence-electron chi connectivity index (χ4n) is 4.20. The summed E-state index contributed by atoms with van der Waals surface area (Å²) in [6, 6.07) is 6.83. The van der Waals surface area contributed by atoms with E-state index in [9.17, 15) is 8.42 Å². The molecular weight excluding hydrogens is 364 g/mol. The van der Waals surface area contributed by atoms with Crippen molar-refractivity contribution >= 4 is 20.6 Å². The van der Waals surface area contributed by atoms with Crippen molar-refractivity contribution in [3.8, 4) is 0 Å². The van der Waals surface area contributed by atoms with Crippen molar-refractivity contribution in [2.75, 3.05) is 0 Å². The van der Waals surface area contributed by atoms with Crippen LogP contribution in [0.4, 0.5) is 0 Å². The highest BCUT2D eigenvalue weighted by Crippen LogP contribution is 2.45. The molecule has 0 spiro atoms. The van der Waals surface area contributed by atoms with Gasteiger partial charge in [-0.05, 0) is 43.7 Å².